The number of benzene rings is 1. The first kappa shape index (κ1) is 21.7. The topological polar surface area (TPSA) is 87.8 Å². The van der Waals surface area contributed by atoms with Crippen LogP contribution in [0.5, 0.6) is 0 Å². The van der Waals surface area contributed by atoms with Gasteiger partial charge in [-0.15, -0.1) is 11.3 Å². The van der Waals surface area contributed by atoms with E-state index in [0.29, 0.717) is 25.0 Å². The largest absolute Gasteiger partial charge is 0.346 e. The molecule has 0 saturated heterocycles. The summed E-state index contributed by atoms with van der Waals surface area (Å²) < 4.78 is 17.1. The Balaban J connectivity index is 1.52. The highest BCUT2D eigenvalue weighted by atomic mass is 32.1. The lowest BCUT2D eigenvalue weighted by molar-refractivity contribution is 0.604. The van der Waals surface area contributed by atoms with Gasteiger partial charge in [-0.1, -0.05) is 30.3 Å². The minimum Gasteiger partial charge on any atom is -0.327 e. The monoisotopic (exact) mass is 451 g/mol. The smallest absolute Gasteiger partial charge is 0.327 e. The lowest BCUT2D eigenvalue weighted by Gasteiger charge is -2.07. The number of nitrogens with zero attached hydrogens (tertiary/aromatic N) is 4. The van der Waals surface area contributed by atoms with Gasteiger partial charge in [0, 0.05) is 34.1 Å². The molecule has 0 fully saturated rings. The first-order valence-corrected chi connectivity index (χ1v) is 10.8. The summed E-state index contributed by atoms with van der Waals surface area (Å²) in [6.07, 6.45) is 3.70. The molecule has 3 heterocycles. The molecule has 0 radical (unpaired) electrons. The Hall–Kier alpha value is -3.56. The van der Waals surface area contributed by atoms with E-state index in [1.807, 2.05) is 48.7 Å². The van der Waals surface area contributed by atoms with E-state index in [-0.39, 0.29) is 24.3 Å². The van der Waals surface area contributed by atoms with Crippen LogP contribution in [0.25, 0.3) is 10.4 Å². The number of halogens is 1. The molecule has 3 aromatic heterocycles. The second kappa shape index (κ2) is 9.71. The number of rotatable bonds is 8. The van der Waals surface area contributed by atoms with Crippen LogP contribution < -0.4 is 17.0 Å². The zero-order valence-electron chi connectivity index (χ0n) is 17.2. The molecule has 0 aliphatic rings. The summed E-state index contributed by atoms with van der Waals surface area (Å²) in [7, 11) is 0. The van der Waals surface area contributed by atoms with Crippen LogP contribution in [0.4, 0.5) is 4.39 Å². The van der Waals surface area contributed by atoms with Crippen LogP contribution in [0.1, 0.15) is 10.4 Å². The van der Waals surface area contributed by atoms with Crippen molar-refractivity contribution in [1.29, 1.82) is 0 Å². The molecule has 0 saturated carbocycles. The Morgan fingerprint density at radius 1 is 1.03 bits per heavy atom. The maximum absolute atomic E-state index is 12.8. The summed E-state index contributed by atoms with van der Waals surface area (Å²) in [4.78, 5) is 26.8. The third kappa shape index (κ3) is 4.84. The standard InChI is InChI=1S/C23H22FN5O2S/c24-10-18(11-25)13-29-23(31)28(16-26-29)15-20-7-8-21(32-20)19-6-9-22(30)27(14-19)12-17-4-2-1-3-5-17/h1-10,14,16H,11-13,15,25H2/b18-10+. The molecule has 0 unspecified atom stereocenters. The summed E-state index contributed by atoms with van der Waals surface area (Å²) >= 11 is 1.54. The maximum atomic E-state index is 12.8. The van der Waals surface area contributed by atoms with Gasteiger partial charge in [0.1, 0.15) is 6.33 Å². The highest BCUT2D eigenvalue weighted by Crippen LogP contribution is 2.28. The van der Waals surface area contributed by atoms with Crippen LogP contribution in [0, 0.1) is 0 Å². The molecule has 164 valence electrons. The van der Waals surface area contributed by atoms with Gasteiger partial charge in [-0.05, 0) is 29.3 Å². The van der Waals surface area contributed by atoms with Crippen LogP contribution in [0.15, 0.2) is 88.6 Å². The average Bonchev–Trinajstić information content (AvgIpc) is 3.42. The summed E-state index contributed by atoms with van der Waals surface area (Å²) in [5, 5.41) is 4.04. The second-order valence-electron chi connectivity index (χ2n) is 7.31. The Labute approximate surface area is 187 Å². The third-order valence-electron chi connectivity index (χ3n) is 5.02. The predicted octanol–water partition coefficient (Wildman–Crippen LogP) is 2.84. The summed E-state index contributed by atoms with van der Waals surface area (Å²) in [6, 6.07) is 17.1. The predicted molar refractivity (Wildman–Crippen MR) is 123 cm³/mol. The lowest BCUT2D eigenvalue weighted by atomic mass is 10.2. The Morgan fingerprint density at radius 2 is 1.84 bits per heavy atom. The average molecular weight is 452 g/mol. The summed E-state index contributed by atoms with van der Waals surface area (Å²) in [5.41, 5.74) is 7.34. The van der Waals surface area contributed by atoms with Crippen LogP contribution >= 0.6 is 11.3 Å². The van der Waals surface area contributed by atoms with E-state index in [4.69, 9.17) is 5.73 Å². The van der Waals surface area contributed by atoms with Crippen molar-refractivity contribution in [2.24, 2.45) is 5.73 Å². The molecule has 0 amide bonds. The number of thiophene rings is 1. The van der Waals surface area contributed by atoms with Crippen molar-refractivity contribution in [3.63, 3.8) is 0 Å². The third-order valence-corrected chi connectivity index (χ3v) is 6.14. The van der Waals surface area contributed by atoms with E-state index in [0.717, 1.165) is 20.9 Å². The molecule has 0 aliphatic carbocycles. The molecule has 0 atom stereocenters. The van der Waals surface area contributed by atoms with Crippen molar-refractivity contribution in [2.75, 3.05) is 6.54 Å². The van der Waals surface area contributed by atoms with E-state index in [1.54, 1.807) is 16.7 Å². The lowest BCUT2D eigenvalue weighted by Crippen LogP contribution is -2.26. The molecule has 9 heteroatoms. The molecule has 0 aliphatic heterocycles. The van der Waals surface area contributed by atoms with Crippen molar-refractivity contribution < 1.29 is 4.39 Å². The Kier molecular flexibility index (Phi) is 6.58. The fourth-order valence-electron chi connectivity index (χ4n) is 3.29. The van der Waals surface area contributed by atoms with Gasteiger partial charge in [0.2, 0.25) is 0 Å². The molecule has 2 N–H and O–H groups in total. The van der Waals surface area contributed by atoms with Crippen LogP contribution in [-0.2, 0) is 19.6 Å². The van der Waals surface area contributed by atoms with Crippen molar-refractivity contribution in [3.05, 3.63) is 110 Å². The van der Waals surface area contributed by atoms with Gasteiger partial charge < -0.3 is 10.3 Å². The Bertz CT molecular complexity index is 1350. The maximum Gasteiger partial charge on any atom is 0.346 e. The zero-order chi connectivity index (χ0) is 22.5. The van der Waals surface area contributed by atoms with E-state index in [2.05, 4.69) is 5.10 Å². The second-order valence-corrected chi connectivity index (χ2v) is 8.47. The molecular formula is C23H22FN5O2S. The molecule has 0 spiro atoms. The number of aromatic nitrogens is 4. The van der Waals surface area contributed by atoms with Crippen molar-refractivity contribution in [3.8, 4) is 10.4 Å². The molecule has 7 nitrogen and oxygen atoms in total. The quantitative estimate of drug-likeness (QED) is 0.446. The van der Waals surface area contributed by atoms with Crippen LogP contribution in [-0.4, -0.2) is 25.5 Å². The fourth-order valence-corrected chi connectivity index (χ4v) is 4.29. The van der Waals surface area contributed by atoms with E-state index >= 15 is 0 Å². The SMILES string of the molecule is NC/C(=C\F)Cn1ncn(Cc2ccc(-c3ccc(=O)n(Cc4ccccc4)c3)s2)c1=O. The molecule has 32 heavy (non-hydrogen) atoms. The van der Waals surface area contributed by atoms with E-state index in [1.165, 1.54) is 26.9 Å². The highest BCUT2D eigenvalue weighted by molar-refractivity contribution is 7.15. The van der Waals surface area contributed by atoms with Crippen molar-refractivity contribution >= 4 is 11.3 Å². The molecular weight excluding hydrogens is 429 g/mol. The first-order chi connectivity index (χ1) is 15.6. The normalized spacial score (nSPS) is 11.8. The highest BCUT2D eigenvalue weighted by Gasteiger charge is 2.10. The van der Waals surface area contributed by atoms with Gasteiger partial charge in [0.05, 0.1) is 26.0 Å². The number of pyridine rings is 1. The van der Waals surface area contributed by atoms with E-state index < -0.39 is 0 Å². The van der Waals surface area contributed by atoms with Crippen molar-refractivity contribution in [2.45, 2.75) is 19.6 Å². The number of hydrogen-bond acceptors (Lipinski definition) is 5. The van der Waals surface area contributed by atoms with Crippen molar-refractivity contribution in [1.82, 2.24) is 18.9 Å². The number of hydrogen-bond donors (Lipinski definition) is 1. The first-order valence-electron chi connectivity index (χ1n) is 10.0. The molecule has 0 bridgehead atoms. The van der Waals surface area contributed by atoms with E-state index in [9.17, 15) is 14.0 Å². The summed E-state index contributed by atoms with van der Waals surface area (Å²) in [5.74, 6) is 0. The van der Waals surface area contributed by atoms with Crippen LogP contribution in [0.3, 0.4) is 0 Å². The van der Waals surface area contributed by atoms with Gasteiger partial charge in [-0.3, -0.25) is 9.36 Å². The van der Waals surface area contributed by atoms with Crippen LogP contribution in [0.2, 0.25) is 0 Å². The molecule has 4 aromatic rings. The van der Waals surface area contributed by atoms with Gasteiger partial charge in [0.25, 0.3) is 5.56 Å². The van der Waals surface area contributed by atoms with Gasteiger partial charge in [-0.25, -0.2) is 13.9 Å². The van der Waals surface area contributed by atoms with Gasteiger partial charge in [0.15, 0.2) is 0 Å². The van der Waals surface area contributed by atoms with Gasteiger partial charge >= 0.3 is 5.69 Å². The minimum absolute atomic E-state index is 0.0243. The fraction of sp³-hybridized carbons (Fsp3) is 0.174. The summed E-state index contributed by atoms with van der Waals surface area (Å²) in [6.45, 7) is 0.900. The zero-order valence-corrected chi connectivity index (χ0v) is 18.0. The molecule has 1 aromatic carbocycles. The molecule has 4 rings (SSSR count). The Morgan fingerprint density at radius 3 is 2.59 bits per heavy atom. The van der Waals surface area contributed by atoms with Gasteiger partial charge in [-0.2, -0.15) is 5.10 Å². The minimum atomic E-state index is -0.329. The number of nitrogens with two attached hydrogens (primary N) is 1.